The molecule has 0 saturated carbocycles. The van der Waals surface area contributed by atoms with Gasteiger partial charge in [-0.05, 0) is 30.8 Å². The summed E-state index contributed by atoms with van der Waals surface area (Å²) in [6.45, 7) is 3.74. The summed E-state index contributed by atoms with van der Waals surface area (Å²) in [7, 11) is 0. The Kier molecular flexibility index (Phi) is 5.79. The highest BCUT2D eigenvalue weighted by Crippen LogP contribution is 2.29. The highest BCUT2D eigenvalue weighted by Gasteiger charge is 2.40. The summed E-state index contributed by atoms with van der Waals surface area (Å²) in [5.74, 6) is 1.32. The molecule has 0 spiro atoms. The topological polar surface area (TPSA) is 62.1 Å². The van der Waals surface area contributed by atoms with Gasteiger partial charge >= 0.3 is 0 Å². The number of amides is 1. The zero-order valence-corrected chi connectivity index (χ0v) is 11.3. The van der Waals surface area contributed by atoms with Gasteiger partial charge in [-0.3, -0.25) is 4.79 Å². The molecular formula is C12H20N2O2S. The summed E-state index contributed by atoms with van der Waals surface area (Å²) in [5.41, 5.74) is -0.864. The Hall–Kier alpha value is -0.730. The van der Waals surface area contributed by atoms with E-state index in [1.54, 1.807) is 11.8 Å². The molecule has 1 N–H and O–H groups in total. The van der Waals surface area contributed by atoms with E-state index < -0.39 is 5.41 Å². The molecule has 1 saturated heterocycles. The molecule has 0 bridgehead atoms. The van der Waals surface area contributed by atoms with Crippen molar-refractivity contribution in [2.75, 3.05) is 31.8 Å². The van der Waals surface area contributed by atoms with Crippen LogP contribution in [0.3, 0.4) is 0 Å². The van der Waals surface area contributed by atoms with E-state index in [0.717, 1.165) is 5.75 Å². The predicted octanol–water partition coefficient (Wildman–Crippen LogP) is 1.42. The van der Waals surface area contributed by atoms with Gasteiger partial charge < -0.3 is 10.1 Å². The lowest BCUT2D eigenvalue weighted by Gasteiger charge is -2.29. The monoisotopic (exact) mass is 256 g/mol. The minimum atomic E-state index is -0.864. The Morgan fingerprint density at radius 1 is 1.59 bits per heavy atom. The highest BCUT2D eigenvalue weighted by molar-refractivity contribution is 7.98. The van der Waals surface area contributed by atoms with Crippen LogP contribution < -0.4 is 5.32 Å². The molecule has 4 nitrogen and oxygen atoms in total. The molecule has 0 aromatic rings. The third-order valence-corrected chi connectivity index (χ3v) is 3.96. The Balaban J connectivity index is 2.47. The SMILES string of the molecule is CSCC(C)CNC(=O)C1(C#N)CCOCC1. The van der Waals surface area contributed by atoms with Crippen LogP contribution in [0.5, 0.6) is 0 Å². The quantitative estimate of drug-likeness (QED) is 0.808. The highest BCUT2D eigenvalue weighted by atomic mass is 32.2. The molecule has 0 aromatic heterocycles. The Bertz CT molecular complexity index is 295. The summed E-state index contributed by atoms with van der Waals surface area (Å²) >= 11 is 1.77. The van der Waals surface area contributed by atoms with Crippen molar-refractivity contribution in [1.29, 1.82) is 5.26 Å². The summed E-state index contributed by atoms with van der Waals surface area (Å²) in [6.07, 6.45) is 3.06. The van der Waals surface area contributed by atoms with Gasteiger partial charge in [-0.1, -0.05) is 6.92 Å². The molecule has 1 aliphatic rings. The molecule has 0 aliphatic carbocycles. The van der Waals surface area contributed by atoms with Crippen LogP contribution in [0.25, 0.3) is 0 Å². The van der Waals surface area contributed by atoms with Crippen molar-refractivity contribution in [3.63, 3.8) is 0 Å². The fourth-order valence-electron chi connectivity index (χ4n) is 1.89. The summed E-state index contributed by atoms with van der Waals surface area (Å²) in [6, 6.07) is 2.18. The van der Waals surface area contributed by atoms with Gasteiger partial charge in [0.1, 0.15) is 5.41 Å². The Morgan fingerprint density at radius 3 is 2.76 bits per heavy atom. The molecule has 0 aromatic carbocycles. The number of hydrogen-bond donors (Lipinski definition) is 1. The lowest BCUT2D eigenvalue weighted by Crippen LogP contribution is -2.45. The second-order valence-electron chi connectivity index (χ2n) is 4.58. The van der Waals surface area contributed by atoms with Crippen LogP contribution in [0.4, 0.5) is 0 Å². The Morgan fingerprint density at radius 2 is 2.24 bits per heavy atom. The number of thioether (sulfide) groups is 1. The van der Waals surface area contributed by atoms with E-state index in [9.17, 15) is 10.1 Å². The van der Waals surface area contributed by atoms with Crippen LogP contribution in [-0.4, -0.2) is 37.7 Å². The first kappa shape index (κ1) is 14.3. The van der Waals surface area contributed by atoms with Crippen molar-refractivity contribution in [3.8, 4) is 6.07 Å². The maximum absolute atomic E-state index is 12.1. The van der Waals surface area contributed by atoms with E-state index in [1.807, 2.05) is 6.26 Å². The lowest BCUT2D eigenvalue weighted by atomic mass is 9.81. The molecule has 1 atom stereocenters. The first-order chi connectivity index (χ1) is 8.14. The van der Waals surface area contributed by atoms with Gasteiger partial charge in [0.2, 0.25) is 5.91 Å². The van der Waals surface area contributed by atoms with Crippen molar-refractivity contribution in [3.05, 3.63) is 0 Å². The first-order valence-electron chi connectivity index (χ1n) is 5.91. The number of nitriles is 1. The first-order valence-corrected chi connectivity index (χ1v) is 7.30. The van der Waals surface area contributed by atoms with E-state index in [-0.39, 0.29) is 5.91 Å². The van der Waals surface area contributed by atoms with Crippen molar-refractivity contribution in [2.24, 2.45) is 11.3 Å². The molecule has 1 unspecified atom stereocenters. The molecule has 1 fully saturated rings. The third-order valence-electron chi connectivity index (χ3n) is 3.06. The van der Waals surface area contributed by atoms with Crippen molar-refractivity contribution >= 4 is 17.7 Å². The molecule has 5 heteroatoms. The number of carbonyl (C=O) groups excluding carboxylic acids is 1. The average molecular weight is 256 g/mol. The lowest BCUT2D eigenvalue weighted by molar-refractivity contribution is -0.132. The van der Waals surface area contributed by atoms with E-state index in [2.05, 4.69) is 18.3 Å². The molecule has 1 amide bonds. The van der Waals surface area contributed by atoms with Crippen molar-refractivity contribution < 1.29 is 9.53 Å². The largest absolute Gasteiger partial charge is 0.381 e. The van der Waals surface area contributed by atoms with Crippen LogP contribution in [-0.2, 0) is 9.53 Å². The van der Waals surface area contributed by atoms with E-state index >= 15 is 0 Å². The minimum absolute atomic E-state index is 0.128. The zero-order valence-electron chi connectivity index (χ0n) is 10.5. The normalized spacial score (nSPS) is 20.3. The number of rotatable bonds is 5. The predicted molar refractivity (Wildman–Crippen MR) is 68.7 cm³/mol. The zero-order chi connectivity index (χ0) is 12.7. The summed E-state index contributed by atoms with van der Waals surface area (Å²) < 4.78 is 5.21. The smallest absolute Gasteiger partial charge is 0.240 e. The number of carbonyl (C=O) groups is 1. The molecule has 0 radical (unpaired) electrons. The molecular weight excluding hydrogens is 236 g/mol. The molecule has 1 rings (SSSR count). The number of hydrogen-bond acceptors (Lipinski definition) is 4. The summed E-state index contributed by atoms with van der Waals surface area (Å²) in [5, 5.41) is 12.1. The second kappa shape index (κ2) is 6.87. The van der Waals surface area contributed by atoms with Crippen LogP contribution in [0, 0.1) is 22.7 Å². The van der Waals surface area contributed by atoms with Gasteiger partial charge in [0.15, 0.2) is 0 Å². The maximum atomic E-state index is 12.1. The van der Waals surface area contributed by atoms with E-state index in [4.69, 9.17) is 4.74 Å². The van der Waals surface area contributed by atoms with Crippen LogP contribution in [0.15, 0.2) is 0 Å². The minimum Gasteiger partial charge on any atom is -0.381 e. The van der Waals surface area contributed by atoms with Gasteiger partial charge in [-0.2, -0.15) is 17.0 Å². The van der Waals surface area contributed by atoms with Gasteiger partial charge in [0.25, 0.3) is 0 Å². The summed E-state index contributed by atoms with van der Waals surface area (Å²) in [4.78, 5) is 12.1. The molecule has 96 valence electrons. The van der Waals surface area contributed by atoms with Crippen molar-refractivity contribution in [1.82, 2.24) is 5.32 Å². The van der Waals surface area contributed by atoms with Crippen LogP contribution in [0.2, 0.25) is 0 Å². The van der Waals surface area contributed by atoms with Gasteiger partial charge in [0.05, 0.1) is 6.07 Å². The average Bonchev–Trinajstić information content (AvgIpc) is 2.37. The number of nitrogens with zero attached hydrogens (tertiary/aromatic N) is 1. The molecule has 1 aliphatic heterocycles. The van der Waals surface area contributed by atoms with E-state index in [1.165, 1.54) is 0 Å². The van der Waals surface area contributed by atoms with Gasteiger partial charge in [-0.15, -0.1) is 0 Å². The van der Waals surface area contributed by atoms with Crippen LogP contribution >= 0.6 is 11.8 Å². The fraction of sp³-hybridized carbons (Fsp3) is 0.833. The standard InChI is InChI=1S/C12H20N2O2S/c1-10(8-17-2)7-14-11(15)12(9-13)3-5-16-6-4-12/h10H,3-8H2,1-2H3,(H,14,15). The molecule has 1 heterocycles. The van der Waals surface area contributed by atoms with Crippen LogP contribution in [0.1, 0.15) is 19.8 Å². The van der Waals surface area contributed by atoms with Gasteiger partial charge in [-0.25, -0.2) is 0 Å². The number of nitrogens with one attached hydrogen (secondary N) is 1. The van der Waals surface area contributed by atoms with Crippen molar-refractivity contribution in [2.45, 2.75) is 19.8 Å². The number of ether oxygens (including phenoxy) is 1. The molecule has 17 heavy (non-hydrogen) atoms. The Labute approximate surface area is 107 Å². The fourth-order valence-corrected chi connectivity index (χ4v) is 2.58. The second-order valence-corrected chi connectivity index (χ2v) is 5.49. The third kappa shape index (κ3) is 3.90. The van der Waals surface area contributed by atoms with E-state index in [0.29, 0.717) is 38.5 Å². The van der Waals surface area contributed by atoms with Gasteiger partial charge in [0, 0.05) is 19.8 Å². The maximum Gasteiger partial charge on any atom is 0.240 e.